The van der Waals surface area contributed by atoms with Gasteiger partial charge in [-0.2, -0.15) is 0 Å². The van der Waals surface area contributed by atoms with E-state index in [1.54, 1.807) is 0 Å². The number of piperazine rings is 1. The number of oxazole rings is 1. The summed E-state index contributed by atoms with van der Waals surface area (Å²) in [4.78, 5) is 9.17. The Labute approximate surface area is 175 Å². The van der Waals surface area contributed by atoms with Crippen LogP contribution in [0.15, 0.2) is 59.0 Å². The summed E-state index contributed by atoms with van der Waals surface area (Å²) in [6, 6.07) is 14.3. The van der Waals surface area contributed by atoms with E-state index in [4.69, 9.17) is 4.42 Å². The van der Waals surface area contributed by atoms with E-state index in [1.807, 2.05) is 25.1 Å². The van der Waals surface area contributed by atoms with E-state index in [2.05, 4.69) is 39.1 Å². The fourth-order valence-corrected chi connectivity index (χ4v) is 3.60. The van der Waals surface area contributed by atoms with Gasteiger partial charge in [-0.15, -0.1) is 0 Å². The van der Waals surface area contributed by atoms with E-state index in [-0.39, 0.29) is 11.5 Å². The van der Waals surface area contributed by atoms with Crippen LogP contribution in [0.2, 0.25) is 0 Å². The number of hydrogen-bond donors (Lipinski definition) is 0. The van der Waals surface area contributed by atoms with Crippen molar-refractivity contribution in [3.8, 4) is 11.5 Å². The summed E-state index contributed by atoms with van der Waals surface area (Å²) in [7, 11) is 0. The molecule has 1 aliphatic rings. The molecule has 0 saturated carbocycles. The average Bonchev–Trinajstić information content (AvgIpc) is 3.12. The zero-order chi connectivity index (χ0) is 20.9. The predicted octanol–water partition coefficient (Wildman–Crippen LogP) is 4.76. The maximum absolute atomic E-state index is 14.0. The summed E-state index contributed by atoms with van der Waals surface area (Å²) < 4.78 is 33.2. The van der Waals surface area contributed by atoms with E-state index in [0.717, 1.165) is 44.5 Å². The molecular weight excluding hydrogens is 384 g/mol. The van der Waals surface area contributed by atoms with Gasteiger partial charge in [-0.25, -0.2) is 13.8 Å². The average molecular weight is 409 g/mol. The van der Waals surface area contributed by atoms with Gasteiger partial charge < -0.3 is 4.42 Å². The monoisotopic (exact) mass is 409 g/mol. The Morgan fingerprint density at radius 2 is 1.70 bits per heavy atom. The van der Waals surface area contributed by atoms with E-state index in [9.17, 15) is 8.78 Å². The van der Waals surface area contributed by atoms with Crippen LogP contribution in [0.5, 0.6) is 0 Å². The van der Waals surface area contributed by atoms with Crippen LogP contribution in [0.4, 0.5) is 8.78 Å². The number of benzene rings is 2. The predicted molar refractivity (Wildman–Crippen MR) is 114 cm³/mol. The molecule has 2 heterocycles. The molecule has 1 saturated heterocycles. The van der Waals surface area contributed by atoms with Gasteiger partial charge in [0.2, 0.25) is 5.89 Å². The quantitative estimate of drug-likeness (QED) is 0.588. The molecule has 1 fully saturated rings. The van der Waals surface area contributed by atoms with Crippen molar-refractivity contribution >= 4 is 6.08 Å². The Bertz CT molecular complexity index is 1010. The van der Waals surface area contributed by atoms with Crippen molar-refractivity contribution in [3.05, 3.63) is 83.3 Å². The molecule has 4 rings (SSSR count). The highest BCUT2D eigenvalue weighted by atomic mass is 19.2. The third-order valence-electron chi connectivity index (χ3n) is 5.39. The minimum Gasteiger partial charge on any atom is -0.441 e. The Morgan fingerprint density at radius 3 is 2.47 bits per heavy atom. The first-order valence-electron chi connectivity index (χ1n) is 10.2. The van der Waals surface area contributed by atoms with Crippen molar-refractivity contribution in [3.63, 3.8) is 0 Å². The maximum Gasteiger partial charge on any atom is 0.229 e. The second-order valence-electron chi connectivity index (χ2n) is 7.51. The van der Waals surface area contributed by atoms with E-state index >= 15 is 0 Å². The fourth-order valence-electron chi connectivity index (χ4n) is 3.60. The molecule has 0 unspecified atom stereocenters. The van der Waals surface area contributed by atoms with E-state index in [1.165, 1.54) is 17.7 Å². The largest absolute Gasteiger partial charge is 0.441 e. The lowest BCUT2D eigenvalue weighted by atomic mass is 10.2. The highest BCUT2D eigenvalue weighted by Crippen LogP contribution is 2.26. The van der Waals surface area contributed by atoms with Crippen LogP contribution in [0.3, 0.4) is 0 Å². The molecular formula is C24H25F2N3O. The van der Waals surface area contributed by atoms with Crippen LogP contribution < -0.4 is 0 Å². The topological polar surface area (TPSA) is 32.5 Å². The minimum atomic E-state index is -0.928. The van der Waals surface area contributed by atoms with Gasteiger partial charge in [0, 0.05) is 39.3 Å². The van der Waals surface area contributed by atoms with Gasteiger partial charge in [0.25, 0.3) is 0 Å². The molecule has 6 heteroatoms. The van der Waals surface area contributed by atoms with Crippen LogP contribution in [0.1, 0.15) is 17.0 Å². The number of rotatable bonds is 6. The normalized spacial score (nSPS) is 15.8. The summed E-state index contributed by atoms with van der Waals surface area (Å²) in [5.41, 5.74) is 2.04. The molecule has 1 aliphatic heterocycles. The van der Waals surface area contributed by atoms with E-state index in [0.29, 0.717) is 12.3 Å². The van der Waals surface area contributed by atoms with Crippen LogP contribution in [0, 0.1) is 18.6 Å². The lowest BCUT2D eigenvalue weighted by Gasteiger charge is -2.33. The molecule has 4 nitrogen and oxygen atoms in total. The lowest BCUT2D eigenvalue weighted by Crippen LogP contribution is -2.45. The number of nitrogens with zero attached hydrogens (tertiary/aromatic N) is 3. The Hall–Kier alpha value is -2.83. The van der Waals surface area contributed by atoms with Crippen LogP contribution >= 0.6 is 0 Å². The fraction of sp³-hybridized carbons (Fsp3) is 0.292. The summed E-state index contributed by atoms with van der Waals surface area (Å²) in [6.07, 6.45) is 4.35. The molecule has 1 aromatic heterocycles. The lowest BCUT2D eigenvalue weighted by molar-refractivity contribution is 0.135. The Morgan fingerprint density at radius 1 is 0.967 bits per heavy atom. The zero-order valence-corrected chi connectivity index (χ0v) is 17.0. The summed E-state index contributed by atoms with van der Waals surface area (Å²) >= 11 is 0. The van der Waals surface area contributed by atoms with Crippen LogP contribution in [0.25, 0.3) is 17.5 Å². The molecule has 0 aliphatic carbocycles. The zero-order valence-electron chi connectivity index (χ0n) is 17.0. The van der Waals surface area contributed by atoms with Gasteiger partial charge in [0.05, 0.1) is 11.3 Å². The number of aryl methyl sites for hydroxylation is 1. The van der Waals surface area contributed by atoms with Crippen molar-refractivity contribution in [2.24, 2.45) is 0 Å². The van der Waals surface area contributed by atoms with Crippen molar-refractivity contribution in [1.29, 1.82) is 0 Å². The molecule has 3 aromatic rings. The second kappa shape index (κ2) is 9.32. The highest BCUT2D eigenvalue weighted by molar-refractivity contribution is 5.54. The molecule has 0 bridgehead atoms. The third kappa shape index (κ3) is 4.83. The standard InChI is InChI=1S/C24H25F2N3O/c1-18-22(27-24(30-18)20-10-5-11-21(25)23(20)26)17-29-15-13-28(14-16-29)12-6-9-19-7-3-2-4-8-19/h2-11H,12-17H2,1H3/b9-6+. The third-order valence-corrected chi connectivity index (χ3v) is 5.39. The molecule has 2 aromatic carbocycles. The minimum absolute atomic E-state index is 0.0550. The van der Waals surface area contributed by atoms with Gasteiger partial charge in [-0.3, -0.25) is 9.80 Å². The first kappa shape index (κ1) is 20.4. The molecule has 0 atom stereocenters. The first-order valence-corrected chi connectivity index (χ1v) is 10.2. The molecule has 0 amide bonds. The summed E-state index contributed by atoms with van der Waals surface area (Å²) in [5, 5.41) is 0. The van der Waals surface area contributed by atoms with Crippen LogP contribution in [-0.2, 0) is 6.54 Å². The van der Waals surface area contributed by atoms with Crippen molar-refractivity contribution in [2.75, 3.05) is 32.7 Å². The molecule has 0 radical (unpaired) electrons. The summed E-state index contributed by atoms with van der Waals surface area (Å²) in [6.45, 7) is 7.18. The maximum atomic E-state index is 14.0. The molecule has 0 spiro atoms. The van der Waals surface area contributed by atoms with Crippen molar-refractivity contribution < 1.29 is 13.2 Å². The van der Waals surface area contributed by atoms with Crippen LogP contribution in [-0.4, -0.2) is 47.5 Å². The molecule has 30 heavy (non-hydrogen) atoms. The number of halogens is 2. The number of aromatic nitrogens is 1. The number of hydrogen-bond acceptors (Lipinski definition) is 4. The van der Waals surface area contributed by atoms with Gasteiger partial charge in [-0.1, -0.05) is 48.6 Å². The van der Waals surface area contributed by atoms with E-state index < -0.39 is 11.6 Å². The second-order valence-corrected chi connectivity index (χ2v) is 7.51. The SMILES string of the molecule is Cc1oc(-c2cccc(F)c2F)nc1CN1CCN(C/C=C/c2ccccc2)CC1. The molecule has 156 valence electrons. The smallest absolute Gasteiger partial charge is 0.229 e. The van der Waals surface area contributed by atoms with Gasteiger partial charge in [0.1, 0.15) is 5.76 Å². The highest BCUT2D eigenvalue weighted by Gasteiger charge is 2.21. The summed E-state index contributed by atoms with van der Waals surface area (Å²) in [5.74, 6) is -1.06. The van der Waals surface area contributed by atoms with Gasteiger partial charge in [0.15, 0.2) is 11.6 Å². The van der Waals surface area contributed by atoms with Gasteiger partial charge >= 0.3 is 0 Å². The molecule has 0 N–H and O–H groups in total. The van der Waals surface area contributed by atoms with Crippen molar-refractivity contribution in [2.45, 2.75) is 13.5 Å². The Kier molecular flexibility index (Phi) is 6.35. The van der Waals surface area contributed by atoms with Gasteiger partial charge in [-0.05, 0) is 24.6 Å². The first-order chi connectivity index (χ1) is 14.6. The Balaban J connectivity index is 1.32. The van der Waals surface area contributed by atoms with Crippen molar-refractivity contribution in [1.82, 2.24) is 14.8 Å².